The molecular formula is C27H27NO3S. The molecule has 0 bridgehead atoms. The Bertz CT molecular complexity index is 1060. The first-order chi connectivity index (χ1) is 15.6. The highest BCUT2D eigenvalue weighted by Gasteiger charge is 2.25. The Hall–Kier alpha value is -3.05. The fourth-order valence-electron chi connectivity index (χ4n) is 3.89. The number of rotatable bonds is 8. The van der Waals surface area contributed by atoms with Gasteiger partial charge < -0.3 is 9.64 Å². The van der Waals surface area contributed by atoms with Crippen LogP contribution in [-0.4, -0.2) is 24.4 Å². The molecule has 0 saturated carbocycles. The molecule has 1 aliphatic rings. The minimum atomic E-state index is -0.809. The average molecular weight is 446 g/mol. The number of fused-ring (bicyclic) bond motifs is 2. The second-order valence-electron chi connectivity index (χ2n) is 7.88. The number of carbonyl (C=O) groups excluding carboxylic acids is 2. The van der Waals surface area contributed by atoms with Gasteiger partial charge >= 0.3 is 5.97 Å². The molecule has 5 heteroatoms. The highest BCUT2D eigenvalue weighted by atomic mass is 32.2. The molecule has 0 amide bonds. The van der Waals surface area contributed by atoms with E-state index in [4.69, 9.17) is 4.74 Å². The van der Waals surface area contributed by atoms with Gasteiger partial charge in [-0.05, 0) is 43.2 Å². The smallest absolute Gasteiger partial charge is 0.308 e. The second-order valence-corrected chi connectivity index (χ2v) is 8.97. The number of nitrogens with zero attached hydrogens (tertiary/aromatic N) is 1. The molecule has 0 aromatic heterocycles. The van der Waals surface area contributed by atoms with E-state index >= 15 is 0 Å². The summed E-state index contributed by atoms with van der Waals surface area (Å²) in [5.41, 5.74) is 3.94. The Balaban J connectivity index is 1.39. The van der Waals surface area contributed by atoms with Crippen molar-refractivity contribution in [3.8, 4) is 0 Å². The Morgan fingerprint density at radius 2 is 1.50 bits per heavy atom. The van der Waals surface area contributed by atoms with Gasteiger partial charge in [-0.2, -0.15) is 0 Å². The first-order valence-electron chi connectivity index (χ1n) is 11.0. The number of ether oxygens (including phenoxy) is 1. The van der Waals surface area contributed by atoms with Crippen LogP contribution < -0.4 is 4.90 Å². The van der Waals surface area contributed by atoms with Crippen LogP contribution in [0.2, 0.25) is 0 Å². The Morgan fingerprint density at radius 1 is 0.906 bits per heavy atom. The molecule has 1 atom stereocenters. The molecule has 0 fully saturated rings. The van der Waals surface area contributed by atoms with Gasteiger partial charge in [0, 0.05) is 21.9 Å². The number of aryl methyl sites for hydroxylation is 1. The van der Waals surface area contributed by atoms with Gasteiger partial charge in [0.25, 0.3) is 0 Å². The highest BCUT2D eigenvalue weighted by Crippen LogP contribution is 2.47. The predicted octanol–water partition coefficient (Wildman–Crippen LogP) is 6.45. The zero-order chi connectivity index (χ0) is 22.5. The molecular weight excluding hydrogens is 418 g/mol. The first kappa shape index (κ1) is 22.2. The summed E-state index contributed by atoms with van der Waals surface area (Å²) in [6.07, 6.45) is 1.43. The molecule has 0 N–H and O–H groups in total. The van der Waals surface area contributed by atoms with Crippen molar-refractivity contribution in [1.82, 2.24) is 0 Å². The van der Waals surface area contributed by atoms with Crippen LogP contribution in [0.15, 0.2) is 82.6 Å². The number of Topliss-reactive ketones (excluding diaryl/α,β-unsaturated/α-hetero) is 1. The Labute approximate surface area is 193 Å². The van der Waals surface area contributed by atoms with Crippen molar-refractivity contribution >= 4 is 34.9 Å². The number of hydrogen-bond acceptors (Lipinski definition) is 5. The lowest BCUT2D eigenvalue weighted by atomic mass is 10.0. The zero-order valence-corrected chi connectivity index (χ0v) is 19.2. The van der Waals surface area contributed by atoms with Crippen molar-refractivity contribution in [3.63, 3.8) is 0 Å². The van der Waals surface area contributed by atoms with Gasteiger partial charge in [-0.1, -0.05) is 73.6 Å². The molecule has 1 heterocycles. The molecule has 32 heavy (non-hydrogen) atoms. The van der Waals surface area contributed by atoms with Crippen LogP contribution in [0.5, 0.6) is 0 Å². The standard InChI is InChI=1S/C27H27NO3S/c1-3-8-20-13-15-21(16-14-20)27(30)19(2)31-26(29)17-18-28-22-9-4-6-11-24(22)32-25-12-7-5-10-23(25)28/h4-7,9-16,19H,3,8,17-18H2,1-2H3/t19-/m1/s1. The predicted molar refractivity (Wildman–Crippen MR) is 129 cm³/mol. The van der Waals surface area contributed by atoms with Gasteiger partial charge in [0.1, 0.15) is 0 Å². The van der Waals surface area contributed by atoms with E-state index in [0.29, 0.717) is 12.1 Å². The molecule has 0 aliphatic carbocycles. The maximum Gasteiger partial charge on any atom is 0.308 e. The number of para-hydroxylation sites is 2. The Kier molecular flexibility index (Phi) is 6.96. The molecule has 164 valence electrons. The van der Waals surface area contributed by atoms with Crippen LogP contribution in [-0.2, 0) is 16.0 Å². The number of esters is 1. The van der Waals surface area contributed by atoms with Crippen molar-refractivity contribution in [2.24, 2.45) is 0 Å². The quantitative estimate of drug-likeness (QED) is 0.295. The summed E-state index contributed by atoms with van der Waals surface area (Å²) < 4.78 is 5.49. The van der Waals surface area contributed by atoms with Gasteiger partial charge in [0.05, 0.1) is 17.8 Å². The molecule has 0 saturated heterocycles. The van der Waals surface area contributed by atoms with Crippen LogP contribution in [0.4, 0.5) is 11.4 Å². The van der Waals surface area contributed by atoms with E-state index in [-0.39, 0.29) is 18.2 Å². The fraction of sp³-hybridized carbons (Fsp3) is 0.259. The third-order valence-corrected chi connectivity index (χ3v) is 6.66. The second kappa shape index (κ2) is 10.0. The van der Waals surface area contributed by atoms with Crippen molar-refractivity contribution in [1.29, 1.82) is 0 Å². The monoisotopic (exact) mass is 445 g/mol. The van der Waals surface area contributed by atoms with Crippen molar-refractivity contribution in [2.45, 2.75) is 49.0 Å². The van der Waals surface area contributed by atoms with Gasteiger partial charge in [0.2, 0.25) is 5.78 Å². The van der Waals surface area contributed by atoms with Gasteiger partial charge in [-0.25, -0.2) is 0 Å². The van der Waals surface area contributed by atoms with E-state index in [9.17, 15) is 9.59 Å². The van der Waals surface area contributed by atoms with Crippen LogP contribution in [0.1, 0.15) is 42.6 Å². The molecule has 1 aliphatic heterocycles. The summed E-state index contributed by atoms with van der Waals surface area (Å²) in [7, 11) is 0. The largest absolute Gasteiger partial charge is 0.454 e. The van der Waals surface area contributed by atoms with E-state index in [0.717, 1.165) is 34.0 Å². The maximum absolute atomic E-state index is 12.7. The summed E-state index contributed by atoms with van der Waals surface area (Å²) in [4.78, 5) is 29.8. The summed E-state index contributed by atoms with van der Waals surface area (Å²) in [6.45, 7) is 4.25. The van der Waals surface area contributed by atoms with Crippen molar-refractivity contribution in [2.75, 3.05) is 11.4 Å². The topological polar surface area (TPSA) is 46.6 Å². The number of hydrogen-bond donors (Lipinski definition) is 0. The molecule has 4 nitrogen and oxygen atoms in total. The van der Waals surface area contributed by atoms with E-state index in [2.05, 4.69) is 36.1 Å². The third-order valence-electron chi connectivity index (χ3n) is 5.53. The molecule has 0 radical (unpaired) electrons. The Morgan fingerprint density at radius 3 is 2.09 bits per heavy atom. The number of ketones is 1. The number of carbonyl (C=O) groups is 2. The summed E-state index contributed by atoms with van der Waals surface area (Å²) in [6, 6.07) is 23.9. The zero-order valence-electron chi connectivity index (χ0n) is 18.4. The molecule has 3 aromatic carbocycles. The summed E-state index contributed by atoms with van der Waals surface area (Å²) in [5, 5.41) is 0. The molecule has 4 rings (SSSR count). The van der Waals surface area contributed by atoms with E-state index < -0.39 is 6.10 Å². The van der Waals surface area contributed by atoms with E-state index in [1.54, 1.807) is 18.7 Å². The number of anilines is 2. The first-order valence-corrected chi connectivity index (χ1v) is 11.8. The van der Waals surface area contributed by atoms with E-state index in [1.165, 1.54) is 5.56 Å². The van der Waals surface area contributed by atoms with Crippen LogP contribution >= 0.6 is 11.8 Å². The van der Waals surface area contributed by atoms with Crippen LogP contribution in [0.3, 0.4) is 0 Å². The van der Waals surface area contributed by atoms with Gasteiger partial charge in [-0.15, -0.1) is 0 Å². The molecule has 0 spiro atoms. The highest BCUT2D eigenvalue weighted by molar-refractivity contribution is 7.99. The van der Waals surface area contributed by atoms with Crippen molar-refractivity contribution in [3.05, 3.63) is 83.9 Å². The van der Waals surface area contributed by atoms with Gasteiger partial charge in [-0.3, -0.25) is 9.59 Å². The average Bonchev–Trinajstić information content (AvgIpc) is 2.82. The lowest BCUT2D eigenvalue weighted by molar-refractivity contribution is -0.146. The van der Waals surface area contributed by atoms with E-state index in [1.807, 2.05) is 48.5 Å². The number of benzene rings is 3. The maximum atomic E-state index is 12.7. The lowest BCUT2D eigenvalue weighted by Gasteiger charge is -2.32. The summed E-state index contributed by atoms with van der Waals surface area (Å²) >= 11 is 1.73. The molecule has 3 aromatic rings. The van der Waals surface area contributed by atoms with Crippen LogP contribution in [0, 0.1) is 0 Å². The SMILES string of the molecule is CCCc1ccc(C(=O)[C@@H](C)OC(=O)CCN2c3ccccc3Sc3ccccc32)cc1. The van der Waals surface area contributed by atoms with Crippen molar-refractivity contribution < 1.29 is 14.3 Å². The summed E-state index contributed by atoms with van der Waals surface area (Å²) in [5.74, 6) is -0.548. The third kappa shape index (κ3) is 4.89. The minimum absolute atomic E-state index is 0.175. The lowest BCUT2D eigenvalue weighted by Crippen LogP contribution is -2.28. The fourth-order valence-corrected chi connectivity index (χ4v) is 4.99. The molecule has 0 unspecified atom stereocenters. The van der Waals surface area contributed by atoms with Crippen LogP contribution in [0.25, 0.3) is 0 Å². The normalized spacial score (nSPS) is 13.1. The van der Waals surface area contributed by atoms with Gasteiger partial charge in [0.15, 0.2) is 6.10 Å². The minimum Gasteiger partial charge on any atom is -0.454 e.